The van der Waals surface area contributed by atoms with E-state index in [1.807, 2.05) is 13.0 Å². The van der Waals surface area contributed by atoms with Crippen molar-refractivity contribution < 1.29 is 14.0 Å². The van der Waals surface area contributed by atoms with Crippen LogP contribution in [-0.2, 0) is 16.1 Å². The number of fused-ring (bicyclic) bond motifs is 1. The Labute approximate surface area is 123 Å². The third-order valence-electron chi connectivity index (χ3n) is 4.44. The monoisotopic (exact) mass is 290 g/mol. The molecule has 2 aliphatic rings. The number of carbonyl (C=O) groups is 2. The van der Waals surface area contributed by atoms with Crippen molar-refractivity contribution in [3.63, 3.8) is 0 Å². The van der Waals surface area contributed by atoms with Crippen LogP contribution in [0.5, 0.6) is 0 Å². The van der Waals surface area contributed by atoms with Gasteiger partial charge >= 0.3 is 0 Å². The van der Waals surface area contributed by atoms with Gasteiger partial charge in [0.15, 0.2) is 0 Å². The maximum absolute atomic E-state index is 13.2. The average molecular weight is 290 g/mol. The van der Waals surface area contributed by atoms with Crippen LogP contribution in [0.15, 0.2) is 24.3 Å². The summed E-state index contributed by atoms with van der Waals surface area (Å²) in [6, 6.07) is 6.36. The van der Waals surface area contributed by atoms with E-state index >= 15 is 0 Å². The molecule has 0 aliphatic carbocycles. The molecule has 0 bridgehead atoms. The molecule has 0 N–H and O–H groups in total. The molecule has 2 aliphatic heterocycles. The Morgan fingerprint density at radius 1 is 1.33 bits per heavy atom. The summed E-state index contributed by atoms with van der Waals surface area (Å²) >= 11 is 0. The molecule has 1 aromatic rings. The number of likely N-dealkylation sites (tertiary alicyclic amines) is 2. The Hall–Kier alpha value is -1.91. The van der Waals surface area contributed by atoms with Crippen LogP contribution in [0.3, 0.4) is 0 Å². The summed E-state index contributed by atoms with van der Waals surface area (Å²) in [5.74, 6) is 0.0826. The summed E-state index contributed by atoms with van der Waals surface area (Å²) in [6.45, 7) is 4.16. The molecule has 5 heteroatoms. The minimum atomic E-state index is -0.279. The van der Waals surface area contributed by atoms with Crippen molar-refractivity contribution in [1.29, 1.82) is 0 Å². The van der Waals surface area contributed by atoms with Gasteiger partial charge in [0.1, 0.15) is 5.82 Å². The number of carbonyl (C=O) groups excluding carboxylic acids is 2. The van der Waals surface area contributed by atoms with E-state index in [9.17, 15) is 14.0 Å². The van der Waals surface area contributed by atoms with Crippen LogP contribution in [0.25, 0.3) is 0 Å². The lowest BCUT2D eigenvalue weighted by molar-refractivity contribution is -0.133. The third-order valence-corrected chi connectivity index (χ3v) is 4.44. The molecule has 2 saturated heterocycles. The molecule has 2 amide bonds. The maximum atomic E-state index is 13.2. The minimum Gasteiger partial charge on any atom is -0.342 e. The van der Waals surface area contributed by atoms with E-state index in [0.29, 0.717) is 32.6 Å². The van der Waals surface area contributed by atoms with Crippen LogP contribution in [0.2, 0.25) is 0 Å². The number of nitrogens with zero attached hydrogens (tertiary/aromatic N) is 2. The van der Waals surface area contributed by atoms with Crippen molar-refractivity contribution in [3.8, 4) is 0 Å². The highest BCUT2D eigenvalue weighted by Crippen LogP contribution is 2.33. The lowest BCUT2D eigenvalue weighted by Gasteiger charge is -2.21. The summed E-state index contributed by atoms with van der Waals surface area (Å²) in [4.78, 5) is 27.7. The molecular weight excluding hydrogens is 271 g/mol. The van der Waals surface area contributed by atoms with Crippen molar-refractivity contribution >= 4 is 11.8 Å². The van der Waals surface area contributed by atoms with E-state index in [-0.39, 0.29) is 29.5 Å². The first-order chi connectivity index (χ1) is 10.1. The van der Waals surface area contributed by atoms with Crippen LogP contribution in [0.4, 0.5) is 4.39 Å². The lowest BCUT2D eigenvalue weighted by atomic mass is 10.0. The molecule has 0 saturated carbocycles. The van der Waals surface area contributed by atoms with Gasteiger partial charge in [-0.25, -0.2) is 4.39 Å². The van der Waals surface area contributed by atoms with Crippen molar-refractivity contribution in [2.24, 2.45) is 11.8 Å². The molecule has 3 rings (SSSR count). The predicted octanol–water partition coefficient (Wildman–Crippen LogP) is 1.65. The van der Waals surface area contributed by atoms with Gasteiger partial charge < -0.3 is 9.80 Å². The van der Waals surface area contributed by atoms with Gasteiger partial charge in [-0.05, 0) is 17.7 Å². The summed E-state index contributed by atoms with van der Waals surface area (Å²) in [5.41, 5.74) is 0.810. The van der Waals surface area contributed by atoms with Gasteiger partial charge in [0, 0.05) is 38.5 Å². The van der Waals surface area contributed by atoms with Gasteiger partial charge in [0.2, 0.25) is 11.8 Å². The van der Waals surface area contributed by atoms with Gasteiger partial charge in [-0.3, -0.25) is 9.59 Å². The Kier molecular flexibility index (Phi) is 3.66. The summed E-state index contributed by atoms with van der Waals surface area (Å²) in [6.07, 6.45) is 0.487. The highest BCUT2D eigenvalue weighted by molar-refractivity contribution is 5.84. The topological polar surface area (TPSA) is 40.6 Å². The van der Waals surface area contributed by atoms with Crippen LogP contribution in [0.1, 0.15) is 18.9 Å². The van der Waals surface area contributed by atoms with Crippen LogP contribution in [0, 0.1) is 17.7 Å². The molecule has 0 spiro atoms. The zero-order valence-electron chi connectivity index (χ0n) is 12.1. The summed E-state index contributed by atoms with van der Waals surface area (Å²) < 4.78 is 13.2. The second kappa shape index (κ2) is 5.47. The largest absolute Gasteiger partial charge is 0.342 e. The zero-order chi connectivity index (χ0) is 15.0. The lowest BCUT2D eigenvalue weighted by Crippen LogP contribution is -2.35. The second-order valence-corrected chi connectivity index (χ2v) is 5.87. The molecule has 2 atom stereocenters. The van der Waals surface area contributed by atoms with Crippen molar-refractivity contribution in [2.75, 3.05) is 19.6 Å². The smallest absolute Gasteiger partial charge is 0.228 e. The summed E-state index contributed by atoms with van der Waals surface area (Å²) in [5, 5.41) is 0. The Morgan fingerprint density at radius 3 is 2.81 bits per heavy atom. The highest BCUT2D eigenvalue weighted by atomic mass is 19.1. The molecule has 0 unspecified atom stereocenters. The predicted molar refractivity (Wildman–Crippen MR) is 75.7 cm³/mol. The molecule has 4 nitrogen and oxygen atoms in total. The van der Waals surface area contributed by atoms with E-state index in [0.717, 1.165) is 5.56 Å². The first-order valence-corrected chi connectivity index (χ1v) is 7.39. The molecule has 1 aromatic carbocycles. The number of benzene rings is 1. The van der Waals surface area contributed by atoms with Crippen molar-refractivity contribution in [2.45, 2.75) is 19.9 Å². The Bertz CT molecular complexity index is 575. The van der Waals surface area contributed by atoms with E-state index in [1.165, 1.54) is 12.1 Å². The van der Waals surface area contributed by atoms with E-state index < -0.39 is 0 Å². The molecule has 0 radical (unpaired) electrons. The number of hydrogen-bond acceptors (Lipinski definition) is 2. The molecule has 112 valence electrons. The second-order valence-electron chi connectivity index (χ2n) is 5.87. The van der Waals surface area contributed by atoms with Gasteiger partial charge in [0.25, 0.3) is 0 Å². The van der Waals surface area contributed by atoms with Crippen LogP contribution < -0.4 is 0 Å². The van der Waals surface area contributed by atoms with Crippen molar-refractivity contribution in [1.82, 2.24) is 9.80 Å². The Balaban J connectivity index is 1.65. The first-order valence-electron chi connectivity index (χ1n) is 7.39. The number of hydrogen-bond donors (Lipinski definition) is 0. The molecular formula is C16H19FN2O2. The van der Waals surface area contributed by atoms with E-state index in [2.05, 4.69) is 0 Å². The zero-order valence-corrected chi connectivity index (χ0v) is 12.1. The van der Waals surface area contributed by atoms with Crippen LogP contribution in [-0.4, -0.2) is 41.2 Å². The van der Waals surface area contributed by atoms with Crippen molar-refractivity contribution in [3.05, 3.63) is 35.6 Å². The van der Waals surface area contributed by atoms with Gasteiger partial charge in [-0.2, -0.15) is 0 Å². The fourth-order valence-corrected chi connectivity index (χ4v) is 3.37. The third kappa shape index (κ3) is 2.64. The maximum Gasteiger partial charge on any atom is 0.228 e. The highest BCUT2D eigenvalue weighted by Gasteiger charge is 2.46. The average Bonchev–Trinajstić information content (AvgIpc) is 2.99. The van der Waals surface area contributed by atoms with E-state index in [1.54, 1.807) is 15.9 Å². The van der Waals surface area contributed by atoms with Crippen LogP contribution >= 0.6 is 0 Å². The quantitative estimate of drug-likeness (QED) is 0.849. The van der Waals surface area contributed by atoms with Gasteiger partial charge in [-0.15, -0.1) is 0 Å². The van der Waals surface area contributed by atoms with Gasteiger partial charge in [0.05, 0.1) is 5.92 Å². The number of amides is 2. The number of halogens is 1. The standard InChI is InChI=1S/C16H19FN2O2/c1-2-15(20)18-8-12-9-19(16(21)14(12)10-18)7-11-4-3-5-13(17)6-11/h3-6,12,14H,2,7-10H2,1H3/t12-,14-/m1/s1. The molecule has 0 aromatic heterocycles. The minimum absolute atomic E-state index is 0.0749. The molecule has 2 fully saturated rings. The first kappa shape index (κ1) is 14.0. The van der Waals surface area contributed by atoms with Gasteiger partial charge in [-0.1, -0.05) is 19.1 Å². The fourth-order valence-electron chi connectivity index (χ4n) is 3.37. The van der Waals surface area contributed by atoms with E-state index in [4.69, 9.17) is 0 Å². The fraction of sp³-hybridized carbons (Fsp3) is 0.500. The Morgan fingerprint density at radius 2 is 2.14 bits per heavy atom. The SMILES string of the molecule is CCC(=O)N1C[C@@H]2CN(Cc3cccc(F)c3)C(=O)[C@@H]2C1. The summed E-state index contributed by atoms with van der Waals surface area (Å²) in [7, 11) is 0. The normalized spacial score (nSPS) is 24.6. The number of rotatable bonds is 3. The molecule has 21 heavy (non-hydrogen) atoms. The molecule has 2 heterocycles.